The van der Waals surface area contributed by atoms with Crippen molar-refractivity contribution in [3.05, 3.63) is 63.4 Å². The van der Waals surface area contributed by atoms with Crippen molar-refractivity contribution in [3.63, 3.8) is 0 Å². The summed E-state index contributed by atoms with van der Waals surface area (Å²) in [7, 11) is 1.53. The zero-order valence-electron chi connectivity index (χ0n) is 10.0. The molecule has 0 amide bonds. The van der Waals surface area contributed by atoms with Crippen LogP contribution in [0.5, 0.6) is 5.75 Å². The third-order valence-corrected chi connectivity index (χ3v) is 3.41. The Morgan fingerprint density at radius 3 is 2.16 bits per heavy atom. The number of benzene rings is 2. The molecule has 2 rings (SSSR count). The number of aliphatic hydroxyl groups is 1. The molecular formula is C14H11Cl2FO2. The van der Waals surface area contributed by atoms with Gasteiger partial charge < -0.3 is 9.84 Å². The summed E-state index contributed by atoms with van der Waals surface area (Å²) in [6.45, 7) is 0. The Bertz CT molecular complexity index is 602. The van der Waals surface area contributed by atoms with Crippen molar-refractivity contribution < 1.29 is 14.2 Å². The lowest BCUT2D eigenvalue weighted by Gasteiger charge is -2.15. The molecule has 0 bridgehead atoms. The molecule has 0 aliphatic rings. The second-order valence-corrected chi connectivity index (χ2v) is 4.77. The standard InChI is InChI=1S/C14H11Cl2FO2/c1-19-9-3-5-11(13(16)7-9)14(18)10-4-2-8(17)6-12(10)15/h2-7,14,18H,1H3. The molecule has 100 valence electrons. The maximum absolute atomic E-state index is 13.0. The predicted octanol–water partition coefficient (Wildman–Crippen LogP) is 4.22. The molecule has 0 heterocycles. The number of hydrogen-bond donors (Lipinski definition) is 1. The smallest absolute Gasteiger partial charge is 0.124 e. The lowest BCUT2D eigenvalue weighted by atomic mass is 10.0. The number of ether oxygens (including phenoxy) is 1. The molecule has 1 unspecified atom stereocenters. The van der Waals surface area contributed by atoms with Crippen LogP contribution in [-0.4, -0.2) is 12.2 Å². The topological polar surface area (TPSA) is 29.5 Å². The molecule has 5 heteroatoms. The number of methoxy groups -OCH3 is 1. The fourth-order valence-electron chi connectivity index (χ4n) is 1.75. The molecule has 0 aromatic heterocycles. The van der Waals surface area contributed by atoms with Crippen molar-refractivity contribution in [1.29, 1.82) is 0 Å². The molecule has 1 atom stereocenters. The Morgan fingerprint density at radius 1 is 1.05 bits per heavy atom. The monoisotopic (exact) mass is 300 g/mol. The average Bonchev–Trinajstić information content (AvgIpc) is 2.37. The summed E-state index contributed by atoms with van der Waals surface area (Å²) < 4.78 is 18.0. The normalized spacial score (nSPS) is 12.3. The van der Waals surface area contributed by atoms with Crippen LogP contribution >= 0.6 is 23.2 Å². The van der Waals surface area contributed by atoms with E-state index in [1.807, 2.05) is 0 Å². The van der Waals surface area contributed by atoms with Crippen molar-refractivity contribution in [3.8, 4) is 5.75 Å². The molecule has 2 aromatic rings. The number of aliphatic hydroxyl groups excluding tert-OH is 1. The third kappa shape index (κ3) is 3.00. The zero-order valence-corrected chi connectivity index (χ0v) is 11.5. The van der Waals surface area contributed by atoms with Crippen LogP contribution < -0.4 is 4.74 Å². The van der Waals surface area contributed by atoms with Crippen LogP contribution in [-0.2, 0) is 0 Å². The van der Waals surface area contributed by atoms with E-state index in [9.17, 15) is 9.50 Å². The molecule has 0 saturated carbocycles. The molecule has 0 spiro atoms. The van der Waals surface area contributed by atoms with E-state index < -0.39 is 11.9 Å². The molecule has 0 aliphatic carbocycles. The summed E-state index contributed by atoms with van der Waals surface area (Å²) >= 11 is 12.0. The van der Waals surface area contributed by atoms with Crippen molar-refractivity contribution in [1.82, 2.24) is 0 Å². The van der Waals surface area contributed by atoms with Gasteiger partial charge in [-0.25, -0.2) is 4.39 Å². The minimum Gasteiger partial charge on any atom is -0.497 e. The van der Waals surface area contributed by atoms with Crippen molar-refractivity contribution in [2.75, 3.05) is 7.11 Å². The Hall–Kier alpha value is -1.29. The van der Waals surface area contributed by atoms with Gasteiger partial charge in [-0.05, 0) is 24.3 Å². The van der Waals surface area contributed by atoms with Gasteiger partial charge >= 0.3 is 0 Å². The maximum atomic E-state index is 13.0. The predicted molar refractivity (Wildman–Crippen MR) is 73.5 cm³/mol. The molecule has 2 aromatic carbocycles. The van der Waals surface area contributed by atoms with Crippen LogP contribution in [0, 0.1) is 5.82 Å². The minimum atomic E-state index is -1.02. The van der Waals surface area contributed by atoms with E-state index in [-0.39, 0.29) is 5.02 Å². The highest BCUT2D eigenvalue weighted by atomic mass is 35.5. The summed E-state index contributed by atoms with van der Waals surface area (Å²) in [4.78, 5) is 0. The third-order valence-electron chi connectivity index (χ3n) is 2.76. The molecule has 19 heavy (non-hydrogen) atoms. The molecule has 0 aliphatic heterocycles. The summed E-state index contributed by atoms with van der Waals surface area (Å²) in [5, 5.41) is 10.8. The van der Waals surface area contributed by atoms with Crippen LogP contribution in [0.1, 0.15) is 17.2 Å². The van der Waals surface area contributed by atoms with Crippen LogP contribution in [0.2, 0.25) is 10.0 Å². The first kappa shape index (κ1) is 14.1. The van der Waals surface area contributed by atoms with E-state index in [0.29, 0.717) is 21.9 Å². The lowest BCUT2D eigenvalue weighted by molar-refractivity contribution is 0.220. The Kier molecular flexibility index (Phi) is 4.30. The summed E-state index contributed by atoms with van der Waals surface area (Å²) in [5.74, 6) is 0.132. The van der Waals surface area contributed by atoms with Crippen molar-refractivity contribution in [2.24, 2.45) is 0 Å². The van der Waals surface area contributed by atoms with E-state index in [0.717, 1.165) is 6.07 Å². The van der Waals surface area contributed by atoms with Crippen LogP contribution in [0.3, 0.4) is 0 Å². The largest absolute Gasteiger partial charge is 0.497 e. The van der Waals surface area contributed by atoms with Crippen LogP contribution in [0.15, 0.2) is 36.4 Å². The quantitative estimate of drug-likeness (QED) is 0.919. The molecular weight excluding hydrogens is 290 g/mol. The Morgan fingerprint density at radius 2 is 1.63 bits per heavy atom. The number of halogens is 3. The molecule has 0 saturated heterocycles. The van der Waals surface area contributed by atoms with Gasteiger partial charge in [-0.3, -0.25) is 0 Å². The molecule has 1 N–H and O–H groups in total. The first-order chi connectivity index (χ1) is 9.02. The summed E-state index contributed by atoms with van der Waals surface area (Å²) in [6.07, 6.45) is -1.02. The van der Waals surface area contributed by atoms with Gasteiger partial charge in [0.25, 0.3) is 0 Å². The Labute approximate surface area is 120 Å². The van der Waals surface area contributed by atoms with E-state index in [2.05, 4.69) is 0 Å². The van der Waals surface area contributed by atoms with Gasteiger partial charge in [0.2, 0.25) is 0 Å². The van der Waals surface area contributed by atoms with Gasteiger partial charge in [0.15, 0.2) is 0 Å². The highest BCUT2D eigenvalue weighted by molar-refractivity contribution is 6.32. The summed E-state index contributed by atoms with van der Waals surface area (Å²) in [6, 6.07) is 8.74. The zero-order chi connectivity index (χ0) is 14.0. The van der Waals surface area contributed by atoms with Gasteiger partial charge in [-0.2, -0.15) is 0 Å². The van der Waals surface area contributed by atoms with Gasteiger partial charge in [-0.1, -0.05) is 35.3 Å². The highest BCUT2D eigenvalue weighted by Crippen LogP contribution is 2.34. The van der Waals surface area contributed by atoms with Crippen molar-refractivity contribution >= 4 is 23.2 Å². The first-order valence-corrected chi connectivity index (χ1v) is 6.25. The highest BCUT2D eigenvalue weighted by Gasteiger charge is 2.17. The SMILES string of the molecule is COc1ccc(C(O)c2ccc(F)cc2Cl)c(Cl)c1. The Balaban J connectivity index is 2.41. The summed E-state index contributed by atoms with van der Waals surface area (Å²) in [5.41, 5.74) is 0.881. The second-order valence-electron chi connectivity index (χ2n) is 3.96. The number of rotatable bonds is 3. The van der Waals surface area contributed by atoms with Crippen LogP contribution in [0.25, 0.3) is 0 Å². The number of hydrogen-bond acceptors (Lipinski definition) is 2. The molecule has 2 nitrogen and oxygen atoms in total. The maximum Gasteiger partial charge on any atom is 0.124 e. The van der Waals surface area contributed by atoms with Gasteiger partial charge in [0.05, 0.1) is 12.1 Å². The van der Waals surface area contributed by atoms with E-state index in [1.54, 1.807) is 18.2 Å². The minimum absolute atomic E-state index is 0.152. The average molecular weight is 301 g/mol. The van der Waals surface area contributed by atoms with Gasteiger partial charge in [0.1, 0.15) is 17.7 Å². The fourth-order valence-corrected chi connectivity index (χ4v) is 2.29. The van der Waals surface area contributed by atoms with Crippen molar-refractivity contribution in [2.45, 2.75) is 6.10 Å². The van der Waals surface area contributed by atoms with Crippen LogP contribution in [0.4, 0.5) is 4.39 Å². The lowest BCUT2D eigenvalue weighted by Crippen LogP contribution is -2.02. The van der Waals surface area contributed by atoms with E-state index in [1.165, 1.54) is 19.2 Å². The van der Waals surface area contributed by atoms with E-state index in [4.69, 9.17) is 27.9 Å². The fraction of sp³-hybridized carbons (Fsp3) is 0.143. The second kappa shape index (κ2) is 5.78. The van der Waals surface area contributed by atoms with E-state index >= 15 is 0 Å². The molecule has 0 radical (unpaired) electrons. The molecule has 0 fully saturated rings. The van der Waals surface area contributed by atoms with Gasteiger partial charge in [0, 0.05) is 16.1 Å². The first-order valence-electron chi connectivity index (χ1n) is 5.49. The van der Waals surface area contributed by atoms with Gasteiger partial charge in [-0.15, -0.1) is 0 Å².